The van der Waals surface area contributed by atoms with Gasteiger partial charge >= 0.3 is 0 Å². The largest absolute Gasteiger partial charge is 0.466 e. The number of hydrogen-bond donors (Lipinski definition) is 0. The van der Waals surface area contributed by atoms with Gasteiger partial charge < -0.3 is 9.47 Å². The second kappa shape index (κ2) is 12.5. The molecule has 0 aromatic rings. The molecule has 0 spiro atoms. The standard InChI is InChI=1S/C14H25NO2Si/c1-5-9-15(10-6-2)11-12-18-13-14(16-7-3)17-8-4/h5-6,13H,1-2,7-12H2,3-4H3. The van der Waals surface area contributed by atoms with Crippen molar-refractivity contribution in [3.05, 3.63) is 37.0 Å². The van der Waals surface area contributed by atoms with E-state index in [9.17, 15) is 0 Å². The highest BCUT2D eigenvalue weighted by Gasteiger charge is 2.01. The fourth-order valence-corrected chi connectivity index (χ4v) is 2.33. The third-order valence-electron chi connectivity index (χ3n) is 2.14. The van der Waals surface area contributed by atoms with Crippen LogP contribution in [-0.4, -0.2) is 47.3 Å². The molecule has 0 amide bonds. The van der Waals surface area contributed by atoms with E-state index < -0.39 is 0 Å². The molecule has 0 N–H and O–H groups in total. The first-order chi connectivity index (χ1) is 8.78. The Morgan fingerprint density at radius 1 is 1.11 bits per heavy atom. The average molecular weight is 267 g/mol. The minimum atomic E-state index is 0.648. The number of rotatable bonds is 12. The molecule has 0 aliphatic heterocycles. The van der Waals surface area contributed by atoms with Crippen LogP contribution in [0.5, 0.6) is 0 Å². The van der Waals surface area contributed by atoms with E-state index in [1.165, 1.54) is 0 Å². The molecule has 4 heteroatoms. The molecule has 0 aromatic heterocycles. The first kappa shape index (κ1) is 17.0. The minimum Gasteiger partial charge on any atom is -0.466 e. The maximum Gasteiger partial charge on any atom is 0.270 e. The summed E-state index contributed by atoms with van der Waals surface area (Å²) in [6.07, 6.45) is 3.85. The van der Waals surface area contributed by atoms with Crippen LogP contribution < -0.4 is 0 Å². The Morgan fingerprint density at radius 3 is 2.11 bits per heavy atom. The van der Waals surface area contributed by atoms with Gasteiger partial charge in [0.2, 0.25) is 0 Å². The van der Waals surface area contributed by atoms with Gasteiger partial charge in [0.15, 0.2) is 0 Å². The van der Waals surface area contributed by atoms with E-state index in [1.807, 2.05) is 31.7 Å². The molecule has 0 atom stereocenters. The van der Waals surface area contributed by atoms with Gasteiger partial charge in [-0.25, -0.2) is 0 Å². The van der Waals surface area contributed by atoms with Crippen LogP contribution in [0.2, 0.25) is 6.04 Å². The van der Waals surface area contributed by atoms with E-state index in [-0.39, 0.29) is 0 Å². The van der Waals surface area contributed by atoms with E-state index >= 15 is 0 Å². The second-order valence-corrected chi connectivity index (χ2v) is 4.82. The number of hydrogen-bond acceptors (Lipinski definition) is 3. The molecule has 0 aromatic carbocycles. The van der Waals surface area contributed by atoms with Crippen LogP contribution in [0.25, 0.3) is 0 Å². The Kier molecular flexibility index (Phi) is 11.8. The summed E-state index contributed by atoms with van der Waals surface area (Å²) in [6.45, 7) is 15.6. The van der Waals surface area contributed by atoms with Crippen LogP contribution in [0.4, 0.5) is 0 Å². The Bertz CT molecular complexity index is 236. The molecule has 3 nitrogen and oxygen atoms in total. The van der Waals surface area contributed by atoms with Gasteiger partial charge in [-0.05, 0) is 32.1 Å². The molecule has 0 fully saturated rings. The van der Waals surface area contributed by atoms with Crippen molar-refractivity contribution < 1.29 is 9.47 Å². The van der Waals surface area contributed by atoms with Gasteiger partial charge in [0, 0.05) is 13.1 Å². The number of nitrogens with zero attached hydrogens (tertiary/aromatic N) is 1. The van der Waals surface area contributed by atoms with Crippen molar-refractivity contribution >= 4 is 9.52 Å². The minimum absolute atomic E-state index is 0.648. The monoisotopic (exact) mass is 267 g/mol. The summed E-state index contributed by atoms with van der Waals surface area (Å²) in [5.74, 6) is 0.664. The zero-order valence-corrected chi connectivity index (χ0v) is 12.7. The van der Waals surface area contributed by atoms with Crippen LogP contribution in [0.15, 0.2) is 37.0 Å². The van der Waals surface area contributed by atoms with E-state index in [4.69, 9.17) is 9.47 Å². The van der Waals surface area contributed by atoms with Gasteiger partial charge in [-0.1, -0.05) is 12.2 Å². The lowest BCUT2D eigenvalue weighted by atomic mass is 10.4. The lowest BCUT2D eigenvalue weighted by molar-refractivity contribution is 0.0475. The first-order valence-electron chi connectivity index (χ1n) is 6.41. The van der Waals surface area contributed by atoms with Gasteiger partial charge in [-0.15, -0.1) is 13.2 Å². The van der Waals surface area contributed by atoms with Gasteiger partial charge in [0.25, 0.3) is 5.95 Å². The Labute approximate surface area is 114 Å². The normalized spacial score (nSPS) is 9.94. The molecular weight excluding hydrogens is 242 g/mol. The Hall–Kier alpha value is -1.00. The summed E-state index contributed by atoms with van der Waals surface area (Å²) in [6, 6.07) is 1.10. The van der Waals surface area contributed by atoms with Crippen LogP contribution >= 0.6 is 0 Å². The predicted octanol–water partition coefficient (Wildman–Crippen LogP) is 2.65. The quantitative estimate of drug-likeness (QED) is 0.235. The molecule has 18 heavy (non-hydrogen) atoms. The van der Waals surface area contributed by atoms with Crippen molar-refractivity contribution in [1.29, 1.82) is 0 Å². The van der Waals surface area contributed by atoms with Crippen LogP contribution in [0.3, 0.4) is 0 Å². The molecule has 0 heterocycles. The molecule has 0 saturated heterocycles. The van der Waals surface area contributed by atoms with Gasteiger partial charge in [0.05, 0.1) is 22.7 Å². The third-order valence-corrected chi connectivity index (χ3v) is 3.09. The molecule has 0 rings (SSSR count). The van der Waals surface area contributed by atoms with Gasteiger partial charge in [-0.3, -0.25) is 4.90 Å². The fraction of sp³-hybridized carbons (Fsp3) is 0.571. The molecular formula is C14H25NO2Si. The van der Waals surface area contributed by atoms with Crippen LogP contribution in [0, 0.1) is 0 Å². The third kappa shape index (κ3) is 9.07. The Balaban J connectivity index is 3.93. The highest BCUT2D eigenvalue weighted by atomic mass is 28.2. The van der Waals surface area contributed by atoms with Crippen molar-refractivity contribution in [3.63, 3.8) is 0 Å². The fourth-order valence-electron chi connectivity index (χ4n) is 1.41. The van der Waals surface area contributed by atoms with E-state index in [1.54, 1.807) is 0 Å². The maximum atomic E-state index is 5.38. The van der Waals surface area contributed by atoms with Crippen LogP contribution in [-0.2, 0) is 9.47 Å². The smallest absolute Gasteiger partial charge is 0.270 e. The van der Waals surface area contributed by atoms with Crippen molar-refractivity contribution in [3.8, 4) is 0 Å². The molecule has 0 saturated carbocycles. The van der Waals surface area contributed by atoms with Crippen molar-refractivity contribution in [2.45, 2.75) is 19.9 Å². The van der Waals surface area contributed by atoms with Gasteiger partial charge in [0.1, 0.15) is 0 Å². The molecule has 0 bridgehead atoms. The highest BCUT2D eigenvalue weighted by Crippen LogP contribution is 2.00. The molecule has 0 aliphatic rings. The second-order valence-electron chi connectivity index (χ2n) is 3.62. The molecule has 102 valence electrons. The van der Waals surface area contributed by atoms with Crippen molar-refractivity contribution in [2.24, 2.45) is 0 Å². The lowest BCUT2D eigenvalue weighted by Crippen LogP contribution is -2.25. The SMILES string of the molecule is C=CCN(CC=C)CC[Si]C=C(OCC)OCC. The molecule has 0 unspecified atom stereocenters. The first-order valence-corrected chi connectivity index (χ1v) is 7.70. The number of ether oxygens (including phenoxy) is 2. The summed E-state index contributed by atoms with van der Waals surface area (Å²) in [7, 11) is 0.712. The zero-order chi connectivity index (χ0) is 13.6. The Morgan fingerprint density at radius 2 is 1.67 bits per heavy atom. The summed E-state index contributed by atoms with van der Waals surface area (Å²) in [4.78, 5) is 2.31. The van der Waals surface area contributed by atoms with E-state index in [0.29, 0.717) is 28.7 Å². The zero-order valence-electron chi connectivity index (χ0n) is 11.7. The van der Waals surface area contributed by atoms with E-state index in [2.05, 4.69) is 18.1 Å². The topological polar surface area (TPSA) is 21.7 Å². The van der Waals surface area contributed by atoms with Crippen LogP contribution in [0.1, 0.15) is 13.8 Å². The molecule has 2 radical (unpaired) electrons. The van der Waals surface area contributed by atoms with Gasteiger partial charge in [-0.2, -0.15) is 0 Å². The van der Waals surface area contributed by atoms with Crippen molar-refractivity contribution in [1.82, 2.24) is 4.90 Å². The molecule has 0 aliphatic carbocycles. The summed E-state index contributed by atoms with van der Waals surface area (Å²) in [5, 5.41) is 0. The van der Waals surface area contributed by atoms with Crippen molar-refractivity contribution in [2.75, 3.05) is 32.8 Å². The summed E-state index contributed by atoms with van der Waals surface area (Å²) >= 11 is 0. The lowest BCUT2D eigenvalue weighted by Gasteiger charge is -2.17. The predicted molar refractivity (Wildman–Crippen MR) is 78.7 cm³/mol. The summed E-state index contributed by atoms with van der Waals surface area (Å²) in [5.41, 5.74) is 2.05. The summed E-state index contributed by atoms with van der Waals surface area (Å²) < 4.78 is 10.8. The highest BCUT2D eigenvalue weighted by molar-refractivity contribution is 6.42. The van der Waals surface area contributed by atoms with E-state index in [0.717, 1.165) is 25.7 Å². The average Bonchev–Trinajstić information content (AvgIpc) is 2.35. The maximum absolute atomic E-state index is 5.38.